The van der Waals surface area contributed by atoms with Crippen molar-refractivity contribution < 1.29 is 4.89 Å². The van der Waals surface area contributed by atoms with E-state index in [2.05, 4.69) is 25.1 Å². The highest BCUT2D eigenvalue weighted by Crippen LogP contribution is 2.57. The molecule has 0 spiro atoms. The summed E-state index contributed by atoms with van der Waals surface area (Å²) in [4.78, 5) is 10.3. The molecule has 2 rings (SSSR count). The molecule has 0 fully saturated rings. The second-order valence-electron chi connectivity index (χ2n) is 3.34. The molecule has 1 aliphatic heterocycles. The zero-order chi connectivity index (χ0) is 8.60. The molecule has 0 aliphatic carbocycles. The van der Waals surface area contributed by atoms with E-state index in [0.717, 1.165) is 18.7 Å². The van der Waals surface area contributed by atoms with Gasteiger partial charge in [-0.15, -0.1) is 0 Å². The molecule has 0 radical (unpaired) electrons. The van der Waals surface area contributed by atoms with Crippen LogP contribution in [0.4, 0.5) is 0 Å². The van der Waals surface area contributed by atoms with E-state index in [1.807, 2.05) is 6.07 Å². The Morgan fingerprint density at radius 3 is 2.92 bits per heavy atom. The van der Waals surface area contributed by atoms with Crippen molar-refractivity contribution in [3.63, 3.8) is 0 Å². The molecule has 1 nitrogen and oxygen atoms in total. The molecule has 1 unspecified atom stereocenters. The Bertz CT molecular complexity index is 298. The Morgan fingerprint density at radius 2 is 2.17 bits per heavy atom. The average Bonchev–Trinajstić information content (AvgIpc) is 2.46. The van der Waals surface area contributed by atoms with Crippen molar-refractivity contribution in [2.75, 3.05) is 12.3 Å². The van der Waals surface area contributed by atoms with Gasteiger partial charge in [-0.05, 0) is 13.0 Å². The van der Waals surface area contributed by atoms with Crippen molar-refractivity contribution in [2.45, 2.75) is 13.3 Å². The highest BCUT2D eigenvalue weighted by molar-refractivity contribution is 7.78. The van der Waals surface area contributed by atoms with Crippen molar-refractivity contribution >= 4 is 12.8 Å². The van der Waals surface area contributed by atoms with Gasteiger partial charge in [-0.1, -0.05) is 18.2 Å². The molecule has 0 aromatic heterocycles. The van der Waals surface area contributed by atoms with Gasteiger partial charge in [0.2, 0.25) is 0 Å². The van der Waals surface area contributed by atoms with E-state index in [1.165, 1.54) is 10.9 Å². The summed E-state index contributed by atoms with van der Waals surface area (Å²) in [6.07, 6.45) is 3.02. The van der Waals surface area contributed by atoms with Crippen LogP contribution in [0.25, 0.3) is 0 Å². The third kappa shape index (κ3) is 1.09. The number of rotatable bonds is 1. The van der Waals surface area contributed by atoms with E-state index < -0.39 is 7.49 Å². The van der Waals surface area contributed by atoms with Gasteiger partial charge in [0.25, 0.3) is 0 Å². The Morgan fingerprint density at radius 1 is 1.42 bits per heavy atom. The highest BCUT2D eigenvalue weighted by atomic mass is 31.2. The summed E-state index contributed by atoms with van der Waals surface area (Å²) < 4.78 is 0. The van der Waals surface area contributed by atoms with E-state index in [4.69, 9.17) is 0 Å². The predicted octanol–water partition coefficient (Wildman–Crippen LogP) is 1.81. The first-order valence-corrected chi connectivity index (χ1v) is 6.56. The maximum absolute atomic E-state index is 10.3. The molecular weight excluding hydrogens is 167 g/mol. The van der Waals surface area contributed by atoms with Crippen LogP contribution in [0.3, 0.4) is 0 Å². The summed E-state index contributed by atoms with van der Waals surface area (Å²) >= 11 is 0. The first-order valence-electron chi connectivity index (χ1n) is 4.44. The van der Waals surface area contributed by atoms with Crippen molar-refractivity contribution in [1.29, 1.82) is 0 Å². The maximum Gasteiger partial charge on any atom is 0.174 e. The molecule has 1 N–H and O–H groups in total. The van der Waals surface area contributed by atoms with Crippen LogP contribution in [0.1, 0.15) is 12.5 Å². The van der Waals surface area contributed by atoms with Crippen molar-refractivity contribution in [3.05, 3.63) is 29.8 Å². The van der Waals surface area contributed by atoms with E-state index in [1.54, 1.807) is 0 Å². The molecule has 1 aliphatic rings. The van der Waals surface area contributed by atoms with Gasteiger partial charge in [0, 0.05) is 12.0 Å². The zero-order valence-corrected chi connectivity index (χ0v) is 8.22. The fourth-order valence-corrected chi connectivity index (χ4v) is 4.48. The molecule has 64 valence electrons. The molecule has 0 saturated heterocycles. The first kappa shape index (κ1) is 8.22. The van der Waals surface area contributed by atoms with Crippen LogP contribution in [0, 0.1) is 0 Å². The van der Waals surface area contributed by atoms with Crippen molar-refractivity contribution in [1.82, 2.24) is 0 Å². The smallest absolute Gasteiger partial charge is 0.174 e. The van der Waals surface area contributed by atoms with Gasteiger partial charge in [-0.3, -0.25) is 0 Å². The van der Waals surface area contributed by atoms with E-state index in [9.17, 15) is 4.89 Å². The van der Waals surface area contributed by atoms with Crippen LogP contribution in [-0.2, 0) is 6.42 Å². The van der Waals surface area contributed by atoms with Crippen LogP contribution >= 0.6 is 7.49 Å². The maximum atomic E-state index is 10.3. The number of benzene rings is 1. The lowest BCUT2D eigenvalue weighted by Gasteiger charge is -2.11. The first-order chi connectivity index (χ1) is 5.76. The van der Waals surface area contributed by atoms with Crippen molar-refractivity contribution in [3.8, 4) is 0 Å². The van der Waals surface area contributed by atoms with Gasteiger partial charge in [-0.25, -0.2) is 4.89 Å². The monoisotopic (exact) mass is 181 g/mol. The third-order valence-corrected chi connectivity index (χ3v) is 6.06. The van der Waals surface area contributed by atoms with Gasteiger partial charge >= 0.3 is 0 Å². The van der Waals surface area contributed by atoms with Crippen LogP contribution < -0.4 is 5.30 Å². The van der Waals surface area contributed by atoms with E-state index in [0.29, 0.717) is 0 Å². The fourth-order valence-electron chi connectivity index (χ4n) is 1.88. The van der Waals surface area contributed by atoms with Crippen LogP contribution in [-0.4, -0.2) is 17.2 Å². The van der Waals surface area contributed by atoms with Gasteiger partial charge in [0.1, 0.15) is 5.30 Å². The lowest BCUT2D eigenvalue weighted by molar-refractivity contribution is 0.613. The Kier molecular flexibility index (Phi) is 1.94. The molecule has 12 heavy (non-hydrogen) atoms. The van der Waals surface area contributed by atoms with Crippen LogP contribution in [0.15, 0.2) is 24.3 Å². The third-order valence-electron chi connectivity index (χ3n) is 2.71. The predicted molar refractivity (Wildman–Crippen MR) is 54.3 cm³/mol. The lowest BCUT2D eigenvalue weighted by Crippen LogP contribution is -2.10. The number of hydrogen-bond donors (Lipinski definition) is 1. The minimum absolute atomic E-state index is 0.935. The second-order valence-corrected chi connectivity index (χ2v) is 6.75. The lowest BCUT2D eigenvalue weighted by atomic mass is 10.2. The van der Waals surface area contributed by atoms with Gasteiger partial charge in [0.15, 0.2) is 7.49 Å². The molecule has 0 saturated carbocycles. The second kappa shape index (κ2) is 2.83. The average molecular weight is 181 g/mol. The molecule has 1 aromatic carbocycles. The molecule has 0 bridgehead atoms. The van der Waals surface area contributed by atoms with Gasteiger partial charge in [-0.2, -0.15) is 0 Å². The van der Waals surface area contributed by atoms with E-state index >= 15 is 0 Å². The number of aryl methyl sites for hydroxylation is 1. The zero-order valence-electron chi connectivity index (χ0n) is 7.33. The van der Waals surface area contributed by atoms with Gasteiger partial charge in [0.05, 0.1) is 12.3 Å². The number of hydrogen-bond acceptors (Lipinski definition) is 1. The SMILES string of the molecule is CC[P+]1(O)CCc2ccccc21. The highest BCUT2D eigenvalue weighted by Gasteiger charge is 2.43. The molecule has 1 atom stereocenters. The quantitative estimate of drug-likeness (QED) is 0.655. The largest absolute Gasteiger partial charge is 0.246 e. The number of fused-ring (bicyclic) bond motifs is 1. The summed E-state index contributed by atoms with van der Waals surface area (Å²) in [5.41, 5.74) is 1.37. The summed E-state index contributed by atoms with van der Waals surface area (Å²) in [7, 11) is -1.69. The topological polar surface area (TPSA) is 20.2 Å². The fraction of sp³-hybridized carbons (Fsp3) is 0.400. The Hall–Kier alpha value is -0.390. The molecular formula is C10H14OP+. The van der Waals surface area contributed by atoms with Crippen molar-refractivity contribution in [2.24, 2.45) is 0 Å². The normalized spacial score (nSPS) is 27.2. The summed E-state index contributed by atoms with van der Waals surface area (Å²) in [6.45, 7) is 2.09. The summed E-state index contributed by atoms with van der Waals surface area (Å²) in [6, 6.07) is 8.33. The molecule has 2 heteroatoms. The van der Waals surface area contributed by atoms with Crippen LogP contribution in [0.5, 0.6) is 0 Å². The minimum atomic E-state index is -1.69. The summed E-state index contributed by atoms with van der Waals surface area (Å²) in [5.74, 6) is 0. The standard InChI is InChI=1S/C10H14OP/c1-2-12(11)8-7-9-5-3-4-6-10(9)12/h3-6,11H,2,7-8H2,1H3/q+1. The van der Waals surface area contributed by atoms with E-state index in [-0.39, 0.29) is 0 Å². The van der Waals surface area contributed by atoms with Gasteiger partial charge < -0.3 is 0 Å². The Labute approximate surface area is 73.9 Å². The molecule has 1 aromatic rings. The summed E-state index contributed by atoms with van der Waals surface area (Å²) in [5, 5.41) is 1.26. The molecule has 1 heterocycles. The minimum Gasteiger partial charge on any atom is -0.246 e. The molecule has 0 amide bonds. The Balaban J connectivity index is 2.49. The van der Waals surface area contributed by atoms with Crippen LogP contribution in [0.2, 0.25) is 0 Å².